The molecule has 0 bridgehead atoms. The highest BCUT2D eigenvalue weighted by molar-refractivity contribution is 9.10. The Labute approximate surface area is 91.0 Å². The van der Waals surface area contributed by atoms with Crippen molar-refractivity contribution in [1.82, 2.24) is 0 Å². The summed E-state index contributed by atoms with van der Waals surface area (Å²) in [5.41, 5.74) is 0.590. The molecule has 0 saturated carbocycles. The van der Waals surface area contributed by atoms with E-state index < -0.39 is 17.0 Å². The molecule has 7 heteroatoms. The summed E-state index contributed by atoms with van der Waals surface area (Å²) >= 11 is 3.96. The highest BCUT2D eigenvalue weighted by Gasteiger charge is 2.38. The van der Waals surface area contributed by atoms with Gasteiger partial charge in [0, 0.05) is 5.56 Å². The number of fused-ring (bicyclic) bond motifs is 1. The molecule has 1 aromatic heterocycles. The van der Waals surface area contributed by atoms with Crippen LogP contribution in [0.3, 0.4) is 0 Å². The molecule has 2 rings (SSSR count). The second-order valence-electron chi connectivity index (χ2n) is 2.77. The van der Waals surface area contributed by atoms with Crippen LogP contribution in [0.2, 0.25) is 0 Å². The molecule has 0 fully saturated rings. The predicted octanol–water partition coefficient (Wildman–Crippen LogP) is 2.65. The maximum absolute atomic E-state index is 11.2. The molecule has 1 aliphatic rings. The van der Waals surface area contributed by atoms with Gasteiger partial charge in [-0.2, -0.15) is 0 Å². The molecule has 14 heavy (non-hydrogen) atoms. The molecular formula is C7H4BrNO4S. The Morgan fingerprint density at radius 1 is 1.64 bits per heavy atom. The van der Waals surface area contributed by atoms with E-state index in [-0.39, 0.29) is 5.00 Å². The van der Waals surface area contributed by atoms with Crippen LogP contribution >= 0.6 is 27.3 Å². The molecule has 5 nitrogen and oxygen atoms in total. The highest BCUT2D eigenvalue weighted by atomic mass is 79.9. The third-order valence-electron chi connectivity index (χ3n) is 1.91. The van der Waals surface area contributed by atoms with Gasteiger partial charge in [0.05, 0.1) is 4.92 Å². The average molecular weight is 278 g/mol. The van der Waals surface area contributed by atoms with Gasteiger partial charge in [-0.15, -0.1) is 0 Å². The Hall–Kier alpha value is -0.950. The van der Waals surface area contributed by atoms with Crippen molar-refractivity contribution < 1.29 is 14.5 Å². The first-order chi connectivity index (χ1) is 6.52. The molecule has 0 spiro atoms. The average Bonchev–Trinajstić information content (AvgIpc) is 2.54. The summed E-state index contributed by atoms with van der Waals surface area (Å²) in [5.74, 6) is -0.480. The number of halogens is 1. The van der Waals surface area contributed by atoms with Crippen molar-refractivity contribution in [3.63, 3.8) is 0 Å². The zero-order valence-electron chi connectivity index (χ0n) is 6.94. The number of carbonyl (C=O) groups excluding carboxylic acids is 1. The first-order valence-electron chi connectivity index (χ1n) is 3.70. The molecule has 1 atom stereocenters. The fourth-order valence-electron chi connectivity index (χ4n) is 1.32. The number of thiophene rings is 1. The lowest BCUT2D eigenvalue weighted by atomic mass is 10.2. The van der Waals surface area contributed by atoms with Gasteiger partial charge in [-0.25, -0.2) is 4.79 Å². The maximum atomic E-state index is 11.2. The minimum absolute atomic E-state index is 0.0431. The van der Waals surface area contributed by atoms with Gasteiger partial charge in [-0.3, -0.25) is 10.1 Å². The van der Waals surface area contributed by atoms with E-state index in [1.165, 1.54) is 0 Å². The molecule has 0 aromatic carbocycles. The van der Waals surface area contributed by atoms with Crippen LogP contribution in [0.4, 0.5) is 5.00 Å². The lowest BCUT2D eigenvalue weighted by molar-refractivity contribution is -0.381. The van der Waals surface area contributed by atoms with Crippen LogP contribution in [0.25, 0.3) is 0 Å². The molecule has 1 aliphatic heterocycles. The minimum Gasteiger partial charge on any atom is -0.453 e. The van der Waals surface area contributed by atoms with Crippen LogP contribution in [-0.2, 0) is 4.74 Å². The number of cyclic esters (lactones) is 1. The Morgan fingerprint density at radius 3 is 2.79 bits per heavy atom. The summed E-state index contributed by atoms with van der Waals surface area (Å²) in [6.07, 6.45) is -0.406. The van der Waals surface area contributed by atoms with E-state index in [0.717, 1.165) is 11.3 Å². The van der Waals surface area contributed by atoms with Gasteiger partial charge in [0.2, 0.25) is 0 Å². The third-order valence-corrected chi connectivity index (χ3v) is 4.11. The van der Waals surface area contributed by atoms with Gasteiger partial charge in [0.1, 0.15) is 15.5 Å². The van der Waals surface area contributed by atoms with Gasteiger partial charge in [0.25, 0.3) is 0 Å². The number of ether oxygens (including phenoxy) is 1. The van der Waals surface area contributed by atoms with Crippen molar-refractivity contribution in [2.24, 2.45) is 0 Å². The summed E-state index contributed by atoms with van der Waals surface area (Å²) in [7, 11) is 0. The molecule has 0 amide bonds. The summed E-state index contributed by atoms with van der Waals surface area (Å²) in [5, 5.41) is 10.5. The van der Waals surface area contributed by atoms with Crippen molar-refractivity contribution in [2.75, 3.05) is 0 Å². The zero-order chi connectivity index (χ0) is 10.5. The number of hydrogen-bond donors (Lipinski definition) is 0. The number of nitrogens with zero attached hydrogens (tertiary/aromatic N) is 1. The summed E-state index contributed by atoms with van der Waals surface area (Å²) < 4.78 is 5.27. The van der Waals surface area contributed by atoms with Crippen molar-refractivity contribution in [3.8, 4) is 0 Å². The summed E-state index contributed by atoms with van der Waals surface area (Å²) in [6, 6.07) is 0. The Bertz CT molecular complexity index is 441. The van der Waals surface area contributed by atoms with Crippen molar-refractivity contribution in [2.45, 2.75) is 13.0 Å². The molecule has 1 unspecified atom stereocenters. The second-order valence-corrected chi connectivity index (χ2v) is 4.56. The SMILES string of the molecule is CC1OC(=O)c2sc([N+](=O)[O-])c(Br)c21. The van der Waals surface area contributed by atoms with Crippen LogP contribution in [0, 0.1) is 10.1 Å². The lowest BCUT2D eigenvalue weighted by Crippen LogP contribution is -1.95. The highest BCUT2D eigenvalue weighted by Crippen LogP contribution is 2.47. The van der Waals surface area contributed by atoms with Gasteiger partial charge in [0.15, 0.2) is 0 Å². The van der Waals surface area contributed by atoms with E-state index in [4.69, 9.17) is 4.74 Å². The molecule has 0 aliphatic carbocycles. The van der Waals surface area contributed by atoms with Crippen molar-refractivity contribution >= 4 is 38.2 Å². The normalized spacial score (nSPS) is 19.3. The molecular weight excluding hydrogens is 274 g/mol. The monoisotopic (exact) mass is 277 g/mol. The first-order valence-corrected chi connectivity index (χ1v) is 5.31. The van der Waals surface area contributed by atoms with Gasteiger partial charge in [-0.05, 0) is 22.9 Å². The minimum atomic E-state index is -0.507. The van der Waals surface area contributed by atoms with E-state index in [1.807, 2.05) is 0 Å². The summed E-state index contributed by atoms with van der Waals surface area (Å²) in [6.45, 7) is 1.69. The van der Waals surface area contributed by atoms with E-state index in [1.54, 1.807) is 6.92 Å². The van der Waals surface area contributed by atoms with Crippen molar-refractivity contribution in [1.29, 1.82) is 0 Å². The fourth-order valence-corrected chi connectivity index (χ4v) is 3.33. The van der Waals surface area contributed by atoms with Crippen molar-refractivity contribution in [3.05, 3.63) is 25.0 Å². The van der Waals surface area contributed by atoms with Crippen LogP contribution < -0.4 is 0 Å². The maximum Gasteiger partial charge on any atom is 0.349 e. The summed E-state index contributed by atoms with van der Waals surface area (Å²) in [4.78, 5) is 21.6. The van der Waals surface area contributed by atoms with Gasteiger partial charge in [-0.1, -0.05) is 11.3 Å². The van der Waals surface area contributed by atoms with Gasteiger partial charge < -0.3 is 4.74 Å². The van der Waals surface area contributed by atoms with Crippen LogP contribution in [0.1, 0.15) is 28.3 Å². The number of carbonyl (C=O) groups is 1. The number of esters is 1. The number of rotatable bonds is 1. The number of nitro groups is 1. The van der Waals surface area contributed by atoms with Crippen LogP contribution in [0.5, 0.6) is 0 Å². The van der Waals surface area contributed by atoms with Crippen LogP contribution in [-0.4, -0.2) is 10.9 Å². The molecule has 74 valence electrons. The van der Waals surface area contributed by atoms with E-state index in [9.17, 15) is 14.9 Å². The van der Waals surface area contributed by atoms with E-state index >= 15 is 0 Å². The molecule has 0 radical (unpaired) electrons. The largest absolute Gasteiger partial charge is 0.453 e. The fraction of sp³-hybridized carbons (Fsp3) is 0.286. The smallest absolute Gasteiger partial charge is 0.349 e. The van der Waals surface area contributed by atoms with Crippen LogP contribution in [0.15, 0.2) is 4.47 Å². The zero-order valence-corrected chi connectivity index (χ0v) is 9.35. The molecule has 0 saturated heterocycles. The standard InChI is InChI=1S/C7H4BrNO4S/c1-2-3-4(8)6(9(11)12)14-5(3)7(10)13-2/h2H,1H3. The van der Waals surface area contributed by atoms with Gasteiger partial charge >= 0.3 is 11.0 Å². The lowest BCUT2D eigenvalue weighted by Gasteiger charge is -2.01. The Kier molecular flexibility index (Phi) is 2.07. The Morgan fingerprint density at radius 2 is 2.29 bits per heavy atom. The topological polar surface area (TPSA) is 69.4 Å². The van der Waals surface area contributed by atoms with E-state index in [0.29, 0.717) is 14.9 Å². The first kappa shape index (κ1) is 9.60. The molecule has 2 heterocycles. The van der Waals surface area contributed by atoms with E-state index in [2.05, 4.69) is 15.9 Å². The Balaban J connectivity index is 2.64. The quantitative estimate of drug-likeness (QED) is 0.450. The number of hydrogen-bond acceptors (Lipinski definition) is 5. The molecule has 0 N–H and O–H groups in total. The predicted molar refractivity (Wildman–Crippen MR) is 52.5 cm³/mol. The molecule has 1 aromatic rings. The second kappa shape index (κ2) is 3.03. The third kappa shape index (κ3) is 1.16.